The second kappa shape index (κ2) is 5.11. The molecule has 2 amide bonds. The molecule has 2 rings (SSSR count). The quantitative estimate of drug-likeness (QED) is 0.769. The summed E-state index contributed by atoms with van der Waals surface area (Å²) in [6.45, 7) is 6.24. The Bertz CT molecular complexity index is 525. The van der Waals surface area contributed by atoms with Crippen LogP contribution in [0.1, 0.15) is 36.2 Å². The summed E-state index contributed by atoms with van der Waals surface area (Å²) >= 11 is 0. The first-order chi connectivity index (χ1) is 8.90. The summed E-state index contributed by atoms with van der Waals surface area (Å²) in [6.07, 6.45) is 0.420. The molecule has 102 valence electrons. The van der Waals surface area contributed by atoms with Gasteiger partial charge < -0.3 is 0 Å². The maximum absolute atomic E-state index is 13.0. The van der Waals surface area contributed by atoms with Crippen molar-refractivity contribution in [1.29, 1.82) is 0 Å². The van der Waals surface area contributed by atoms with Gasteiger partial charge in [-0.1, -0.05) is 13.8 Å². The molecule has 4 heteroatoms. The molecular weight excluding hydrogens is 245 g/mol. The number of aryl methyl sites for hydroxylation is 1. The van der Waals surface area contributed by atoms with Gasteiger partial charge in [-0.2, -0.15) is 0 Å². The van der Waals surface area contributed by atoms with Gasteiger partial charge in [-0.25, -0.2) is 4.39 Å². The number of benzene rings is 1. The third-order valence-electron chi connectivity index (χ3n) is 3.76. The van der Waals surface area contributed by atoms with E-state index in [4.69, 9.17) is 0 Å². The zero-order chi connectivity index (χ0) is 14.2. The molecule has 1 fully saturated rings. The standard InChI is InChI=1S/C15H18FNO2/c1-9(2)11-7-14(18)17(8-11)15(19)13-5-4-12(16)6-10(13)3/h4-6,9,11H,7-8H2,1-3H3. The van der Waals surface area contributed by atoms with Crippen molar-refractivity contribution in [2.75, 3.05) is 6.54 Å². The van der Waals surface area contributed by atoms with E-state index >= 15 is 0 Å². The van der Waals surface area contributed by atoms with Crippen LogP contribution < -0.4 is 0 Å². The Balaban J connectivity index is 2.23. The summed E-state index contributed by atoms with van der Waals surface area (Å²) in [6, 6.07) is 4.01. The molecule has 0 spiro atoms. The monoisotopic (exact) mass is 263 g/mol. The van der Waals surface area contributed by atoms with Gasteiger partial charge in [0.05, 0.1) is 0 Å². The number of imide groups is 1. The van der Waals surface area contributed by atoms with E-state index in [1.807, 2.05) is 0 Å². The van der Waals surface area contributed by atoms with Crippen LogP contribution in [0.3, 0.4) is 0 Å². The number of halogens is 1. The number of carbonyl (C=O) groups excluding carboxylic acids is 2. The van der Waals surface area contributed by atoms with Crippen molar-refractivity contribution in [1.82, 2.24) is 4.90 Å². The summed E-state index contributed by atoms with van der Waals surface area (Å²) < 4.78 is 13.0. The Labute approximate surface area is 112 Å². The van der Waals surface area contributed by atoms with Crippen molar-refractivity contribution in [3.8, 4) is 0 Å². The first kappa shape index (κ1) is 13.7. The van der Waals surface area contributed by atoms with E-state index in [1.54, 1.807) is 6.92 Å². The number of likely N-dealkylation sites (tertiary alicyclic amines) is 1. The molecule has 0 saturated carbocycles. The summed E-state index contributed by atoms with van der Waals surface area (Å²) in [5.41, 5.74) is 0.963. The fourth-order valence-electron chi connectivity index (χ4n) is 2.39. The minimum atomic E-state index is -0.373. The maximum Gasteiger partial charge on any atom is 0.260 e. The average Bonchev–Trinajstić information content (AvgIpc) is 2.71. The van der Waals surface area contributed by atoms with Crippen LogP contribution in [0.2, 0.25) is 0 Å². The highest BCUT2D eigenvalue weighted by Crippen LogP contribution is 2.26. The second-order valence-electron chi connectivity index (χ2n) is 5.48. The molecule has 1 heterocycles. The fourth-order valence-corrected chi connectivity index (χ4v) is 2.39. The van der Waals surface area contributed by atoms with Crippen molar-refractivity contribution >= 4 is 11.8 Å². The van der Waals surface area contributed by atoms with Crippen LogP contribution in [0, 0.1) is 24.6 Å². The predicted molar refractivity (Wildman–Crippen MR) is 70.1 cm³/mol. The Morgan fingerprint density at radius 1 is 1.42 bits per heavy atom. The highest BCUT2D eigenvalue weighted by molar-refractivity contribution is 6.06. The molecule has 1 aliphatic heterocycles. The lowest BCUT2D eigenvalue weighted by Gasteiger charge is -2.17. The van der Waals surface area contributed by atoms with Gasteiger partial charge in [-0.3, -0.25) is 14.5 Å². The van der Waals surface area contributed by atoms with Crippen molar-refractivity contribution < 1.29 is 14.0 Å². The number of carbonyl (C=O) groups is 2. The van der Waals surface area contributed by atoms with Gasteiger partial charge in [0.15, 0.2) is 0 Å². The Morgan fingerprint density at radius 2 is 2.11 bits per heavy atom. The summed E-state index contributed by atoms with van der Waals surface area (Å²) in [7, 11) is 0. The van der Waals surface area contributed by atoms with Gasteiger partial charge >= 0.3 is 0 Å². The largest absolute Gasteiger partial charge is 0.278 e. The van der Waals surface area contributed by atoms with Crippen LogP contribution in [0.15, 0.2) is 18.2 Å². The lowest BCUT2D eigenvalue weighted by atomic mass is 9.95. The van der Waals surface area contributed by atoms with Crippen LogP contribution >= 0.6 is 0 Å². The van der Waals surface area contributed by atoms with Crippen molar-refractivity contribution in [2.24, 2.45) is 11.8 Å². The number of nitrogens with zero attached hydrogens (tertiary/aromatic N) is 1. The van der Waals surface area contributed by atoms with E-state index in [-0.39, 0.29) is 23.5 Å². The normalized spacial score (nSPS) is 19.3. The van der Waals surface area contributed by atoms with E-state index in [2.05, 4.69) is 13.8 Å². The van der Waals surface area contributed by atoms with Crippen LogP contribution in [0.25, 0.3) is 0 Å². The molecule has 1 saturated heterocycles. The van der Waals surface area contributed by atoms with Gasteiger partial charge in [0.1, 0.15) is 5.82 Å². The van der Waals surface area contributed by atoms with E-state index in [0.717, 1.165) is 0 Å². The first-order valence-corrected chi connectivity index (χ1v) is 6.51. The molecule has 19 heavy (non-hydrogen) atoms. The van der Waals surface area contributed by atoms with Crippen LogP contribution in [0.5, 0.6) is 0 Å². The highest BCUT2D eigenvalue weighted by Gasteiger charge is 2.35. The SMILES string of the molecule is Cc1cc(F)ccc1C(=O)N1CC(C(C)C)CC1=O. The van der Waals surface area contributed by atoms with Gasteiger partial charge in [-0.15, -0.1) is 0 Å². The average molecular weight is 263 g/mol. The van der Waals surface area contributed by atoms with Gasteiger partial charge in [0.25, 0.3) is 5.91 Å². The van der Waals surface area contributed by atoms with Crippen LogP contribution in [-0.2, 0) is 4.79 Å². The Morgan fingerprint density at radius 3 is 2.63 bits per heavy atom. The number of hydrogen-bond donors (Lipinski definition) is 0. The highest BCUT2D eigenvalue weighted by atomic mass is 19.1. The third-order valence-corrected chi connectivity index (χ3v) is 3.76. The van der Waals surface area contributed by atoms with E-state index in [9.17, 15) is 14.0 Å². The van der Waals surface area contributed by atoms with Crippen LogP contribution in [0.4, 0.5) is 4.39 Å². The number of hydrogen-bond acceptors (Lipinski definition) is 2. The van der Waals surface area contributed by atoms with Gasteiger partial charge in [0.2, 0.25) is 5.91 Å². The van der Waals surface area contributed by atoms with Gasteiger partial charge in [0, 0.05) is 18.5 Å². The first-order valence-electron chi connectivity index (χ1n) is 6.51. The topological polar surface area (TPSA) is 37.4 Å². The second-order valence-corrected chi connectivity index (χ2v) is 5.48. The van der Waals surface area contributed by atoms with Crippen molar-refractivity contribution in [3.63, 3.8) is 0 Å². The summed E-state index contributed by atoms with van der Waals surface area (Å²) in [4.78, 5) is 25.6. The molecule has 1 aliphatic rings. The van der Waals surface area contributed by atoms with E-state index < -0.39 is 0 Å². The van der Waals surface area contributed by atoms with Gasteiger partial charge in [-0.05, 0) is 42.5 Å². The molecule has 0 radical (unpaired) electrons. The molecule has 1 aromatic rings. The molecule has 0 aromatic heterocycles. The lowest BCUT2D eigenvalue weighted by molar-refractivity contribution is -0.125. The molecule has 1 aromatic carbocycles. The molecule has 1 unspecified atom stereocenters. The number of rotatable bonds is 2. The number of amides is 2. The Hall–Kier alpha value is -1.71. The molecule has 0 aliphatic carbocycles. The van der Waals surface area contributed by atoms with Crippen molar-refractivity contribution in [3.05, 3.63) is 35.1 Å². The zero-order valence-corrected chi connectivity index (χ0v) is 11.4. The predicted octanol–water partition coefficient (Wildman–Crippen LogP) is 2.78. The zero-order valence-electron chi connectivity index (χ0n) is 11.4. The molecule has 0 bridgehead atoms. The molecule has 0 N–H and O–H groups in total. The lowest BCUT2D eigenvalue weighted by Crippen LogP contribution is -2.33. The molecule has 1 atom stereocenters. The Kier molecular flexibility index (Phi) is 3.69. The van der Waals surface area contributed by atoms with Crippen LogP contribution in [-0.4, -0.2) is 23.3 Å². The summed E-state index contributed by atoms with van der Waals surface area (Å²) in [5.74, 6) is -0.229. The molecular formula is C15H18FNO2. The smallest absolute Gasteiger partial charge is 0.260 e. The third kappa shape index (κ3) is 2.67. The van der Waals surface area contributed by atoms with Crippen molar-refractivity contribution in [2.45, 2.75) is 27.2 Å². The maximum atomic E-state index is 13.0. The molecule has 3 nitrogen and oxygen atoms in total. The summed E-state index contributed by atoms with van der Waals surface area (Å²) in [5, 5.41) is 0. The fraction of sp³-hybridized carbons (Fsp3) is 0.467. The minimum absolute atomic E-state index is 0.132. The minimum Gasteiger partial charge on any atom is -0.278 e. The van der Waals surface area contributed by atoms with E-state index in [1.165, 1.54) is 23.1 Å². The van der Waals surface area contributed by atoms with E-state index in [0.29, 0.717) is 30.0 Å².